The van der Waals surface area contributed by atoms with Gasteiger partial charge in [0.25, 0.3) is 5.91 Å². The molecule has 2 atom stereocenters. The van der Waals surface area contributed by atoms with Gasteiger partial charge in [-0.3, -0.25) is 4.79 Å². The van der Waals surface area contributed by atoms with E-state index >= 15 is 0 Å². The number of nitrogens with one attached hydrogen (secondary N) is 1. The van der Waals surface area contributed by atoms with Crippen molar-refractivity contribution in [1.29, 1.82) is 0 Å². The van der Waals surface area contributed by atoms with Crippen molar-refractivity contribution in [2.24, 2.45) is 0 Å². The van der Waals surface area contributed by atoms with Crippen LogP contribution in [0.25, 0.3) is 0 Å². The summed E-state index contributed by atoms with van der Waals surface area (Å²) in [5.74, 6) is 0.738. The van der Waals surface area contributed by atoms with Crippen molar-refractivity contribution in [2.75, 3.05) is 18.0 Å². The molecule has 0 aromatic carbocycles. The van der Waals surface area contributed by atoms with Gasteiger partial charge in [0.05, 0.1) is 12.2 Å². The summed E-state index contributed by atoms with van der Waals surface area (Å²) in [7, 11) is 0. The Morgan fingerprint density at radius 3 is 2.68 bits per heavy atom. The molecule has 1 saturated heterocycles. The maximum absolute atomic E-state index is 12.1. The van der Waals surface area contributed by atoms with Crippen LogP contribution in [0, 0.1) is 0 Å². The fraction of sp³-hybridized carbons (Fsp3) is 0.389. The molecule has 2 aromatic rings. The largest absolute Gasteiger partial charge is 0.372 e. The number of halogens is 1. The van der Waals surface area contributed by atoms with Gasteiger partial charge in [-0.05, 0) is 37.6 Å². The Balaban J connectivity index is 1.58. The summed E-state index contributed by atoms with van der Waals surface area (Å²) in [6.07, 6.45) is 3.69. The van der Waals surface area contributed by atoms with Crippen LogP contribution in [0.5, 0.6) is 0 Å². The molecule has 0 radical (unpaired) electrons. The molecule has 2 aromatic heterocycles. The van der Waals surface area contributed by atoms with Crippen LogP contribution in [0.3, 0.4) is 0 Å². The Kier molecular flexibility index (Phi) is 5.50. The smallest absolute Gasteiger partial charge is 0.251 e. The van der Waals surface area contributed by atoms with Crippen LogP contribution in [-0.2, 0) is 11.3 Å². The number of carbonyl (C=O) groups excluding carboxylic acids is 1. The molecule has 25 heavy (non-hydrogen) atoms. The summed E-state index contributed by atoms with van der Waals surface area (Å²) >= 11 is 5.80. The Hall–Kier alpha value is -2.18. The molecule has 1 N–H and O–H groups in total. The summed E-state index contributed by atoms with van der Waals surface area (Å²) in [5, 5.41) is 3.16. The molecular weight excluding hydrogens is 340 g/mol. The maximum atomic E-state index is 12.1. The standard InChI is InChI=1S/C18H21ClN4O2/c1-12-10-23(11-13(2)25-12)17-4-3-14(8-21-17)9-22-18(24)15-5-6-20-16(19)7-15/h3-8,12-13H,9-11H2,1-2H3,(H,22,24). The van der Waals surface area contributed by atoms with Crippen molar-refractivity contribution < 1.29 is 9.53 Å². The molecule has 3 heterocycles. The molecule has 0 spiro atoms. The number of carbonyl (C=O) groups is 1. The maximum Gasteiger partial charge on any atom is 0.251 e. The summed E-state index contributed by atoms with van der Waals surface area (Å²) in [6, 6.07) is 7.13. The minimum absolute atomic E-state index is 0.191. The van der Waals surface area contributed by atoms with E-state index in [4.69, 9.17) is 16.3 Å². The molecule has 1 aliphatic heterocycles. The van der Waals surface area contributed by atoms with Crippen molar-refractivity contribution in [1.82, 2.24) is 15.3 Å². The first-order valence-electron chi connectivity index (χ1n) is 8.26. The Labute approximate surface area is 152 Å². The summed E-state index contributed by atoms with van der Waals surface area (Å²) in [6.45, 7) is 6.20. The predicted molar refractivity (Wildman–Crippen MR) is 96.9 cm³/mol. The van der Waals surface area contributed by atoms with Crippen LogP contribution >= 0.6 is 11.6 Å². The van der Waals surface area contributed by atoms with E-state index in [1.54, 1.807) is 18.3 Å². The lowest BCUT2D eigenvalue weighted by atomic mass is 10.2. The van der Waals surface area contributed by atoms with Gasteiger partial charge >= 0.3 is 0 Å². The highest BCUT2D eigenvalue weighted by Crippen LogP contribution is 2.18. The molecule has 1 amide bonds. The number of nitrogens with zero attached hydrogens (tertiary/aromatic N) is 3. The first kappa shape index (κ1) is 17.6. The van der Waals surface area contributed by atoms with Crippen molar-refractivity contribution in [2.45, 2.75) is 32.6 Å². The predicted octanol–water partition coefficient (Wildman–Crippen LogP) is 2.67. The Morgan fingerprint density at radius 2 is 2.04 bits per heavy atom. The number of hydrogen-bond donors (Lipinski definition) is 1. The highest BCUT2D eigenvalue weighted by atomic mass is 35.5. The number of pyridine rings is 2. The third-order valence-corrected chi connectivity index (χ3v) is 4.20. The van der Waals surface area contributed by atoms with Crippen molar-refractivity contribution in [3.8, 4) is 0 Å². The molecule has 132 valence electrons. The van der Waals surface area contributed by atoms with Crippen molar-refractivity contribution in [3.63, 3.8) is 0 Å². The second kappa shape index (κ2) is 7.80. The number of hydrogen-bond acceptors (Lipinski definition) is 5. The van der Waals surface area contributed by atoms with E-state index in [0.29, 0.717) is 17.3 Å². The van der Waals surface area contributed by atoms with E-state index in [-0.39, 0.29) is 18.1 Å². The van der Waals surface area contributed by atoms with Crippen molar-refractivity contribution >= 4 is 23.3 Å². The second-order valence-corrected chi connectivity index (χ2v) is 6.62. The van der Waals surface area contributed by atoms with E-state index < -0.39 is 0 Å². The number of morpholine rings is 1. The number of amides is 1. The first-order valence-corrected chi connectivity index (χ1v) is 8.64. The van der Waals surface area contributed by atoms with E-state index in [0.717, 1.165) is 24.5 Å². The normalized spacial score (nSPS) is 20.4. The highest BCUT2D eigenvalue weighted by molar-refractivity contribution is 6.29. The number of anilines is 1. The zero-order chi connectivity index (χ0) is 17.8. The van der Waals surface area contributed by atoms with Gasteiger partial charge in [0.15, 0.2) is 0 Å². The average molecular weight is 361 g/mol. The van der Waals surface area contributed by atoms with Gasteiger partial charge in [-0.1, -0.05) is 17.7 Å². The number of ether oxygens (including phenoxy) is 1. The van der Waals surface area contributed by atoms with E-state index in [9.17, 15) is 4.79 Å². The van der Waals surface area contributed by atoms with Gasteiger partial charge in [0, 0.05) is 37.6 Å². The van der Waals surface area contributed by atoms with E-state index in [1.165, 1.54) is 6.20 Å². The lowest BCUT2D eigenvalue weighted by molar-refractivity contribution is -0.00546. The molecule has 0 aliphatic carbocycles. The second-order valence-electron chi connectivity index (χ2n) is 6.24. The van der Waals surface area contributed by atoms with Gasteiger partial charge in [0.2, 0.25) is 0 Å². The Bertz CT molecular complexity index is 728. The van der Waals surface area contributed by atoms with Gasteiger partial charge in [-0.2, -0.15) is 0 Å². The minimum atomic E-state index is -0.191. The Morgan fingerprint density at radius 1 is 1.28 bits per heavy atom. The fourth-order valence-corrected chi connectivity index (χ4v) is 3.08. The fourth-order valence-electron chi connectivity index (χ4n) is 2.90. The third kappa shape index (κ3) is 4.67. The van der Waals surface area contributed by atoms with E-state index in [1.807, 2.05) is 12.1 Å². The van der Waals surface area contributed by atoms with Crippen LogP contribution in [0.1, 0.15) is 29.8 Å². The SMILES string of the molecule is CC1CN(c2ccc(CNC(=O)c3ccnc(Cl)c3)cn2)CC(C)O1. The van der Waals surface area contributed by atoms with Crippen LogP contribution in [-0.4, -0.2) is 41.2 Å². The molecular formula is C18H21ClN4O2. The highest BCUT2D eigenvalue weighted by Gasteiger charge is 2.22. The molecule has 7 heteroatoms. The van der Waals surface area contributed by atoms with Crippen LogP contribution in [0.4, 0.5) is 5.82 Å². The number of aromatic nitrogens is 2. The molecule has 0 saturated carbocycles. The van der Waals surface area contributed by atoms with Gasteiger partial charge in [0.1, 0.15) is 11.0 Å². The zero-order valence-electron chi connectivity index (χ0n) is 14.3. The van der Waals surface area contributed by atoms with E-state index in [2.05, 4.69) is 34.0 Å². The quantitative estimate of drug-likeness (QED) is 0.849. The first-order chi connectivity index (χ1) is 12.0. The van der Waals surface area contributed by atoms with Crippen LogP contribution in [0.2, 0.25) is 5.15 Å². The van der Waals surface area contributed by atoms with Gasteiger partial charge in [-0.15, -0.1) is 0 Å². The monoisotopic (exact) mass is 360 g/mol. The topological polar surface area (TPSA) is 67.4 Å². The van der Waals surface area contributed by atoms with Gasteiger partial charge < -0.3 is 15.0 Å². The molecule has 1 fully saturated rings. The molecule has 0 bridgehead atoms. The zero-order valence-corrected chi connectivity index (χ0v) is 15.0. The number of rotatable bonds is 4. The lowest BCUT2D eigenvalue weighted by Crippen LogP contribution is -2.45. The minimum Gasteiger partial charge on any atom is -0.372 e. The average Bonchev–Trinajstić information content (AvgIpc) is 2.59. The summed E-state index contributed by atoms with van der Waals surface area (Å²) < 4.78 is 5.75. The van der Waals surface area contributed by atoms with Crippen LogP contribution in [0.15, 0.2) is 36.7 Å². The van der Waals surface area contributed by atoms with Crippen LogP contribution < -0.4 is 10.2 Å². The summed E-state index contributed by atoms with van der Waals surface area (Å²) in [5.41, 5.74) is 1.42. The molecule has 2 unspecified atom stereocenters. The molecule has 1 aliphatic rings. The third-order valence-electron chi connectivity index (χ3n) is 3.99. The molecule has 6 nitrogen and oxygen atoms in total. The van der Waals surface area contributed by atoms with Gasteiger partial charge in [-0.25, -0.2) is 9.97 Å². The summed E-state index contributed by atoms with van der Waals surface area (Å²) in [4.78, 5) is 22.7. The molecule has 3 rings (SSSR count). The van der Waals surface area contributed by atoms with Crippen molar-refractivity contribution in [3.05, 3.63) is 52.9 Å². The lowest BCUT2D eigenvalue weighted by Gasteiger charge is -2.36.